The van der Waals surface area contributed by atoms with Gasteiger partial charge in [-0.25, -0.2) is 0 Å². The van der Waals surface area contributed by atoms with Crippen molar-refractivity contribution in [2.24, 2.45) is 5.92 Å². The molecule has 0 radical (unpaired) electrons. The van der Waals surface area contributed by atoms with Crippen LogP contribution in [-0.4, -0.2) is 60.4 Å². The van der Waals surface area contributed by atoms with Gasteiger partial charge in [0.25, 0.3) is 0 Å². The van der Waals surface area contributed by atoms with Crippen molar-refractivity contribution in [3.8, 4) is 6.07 Å². The summed E-state index contributed by atoms with van der Waals surface area (Å²) < 4.78 is 5.24. The lowest BCUT2D eigenvalue weighted by atomic mass is 9.90. The second kappa shape index (κ2) is 7.21. The average molecular weight is 297 g/mol. The van der Waals surface area contributed by atoms with Gasteiger partial charge >= 0.3 is 0 Å². The number of nitriles is 1. The van der Waals surface area contributed by atoms with Gasteiger partial charge in [-0.3, -0.25) is 9.69 Å². The van der Waals surface area contributed by atoms with Gasteiger partial charge in [0.2, 0.25) is 5.91 Å². The van der Waals surface area contributed by atoms with E-state index in [-0.39, 0.29) is 18.4 Å². The molecule has 21 heavy (non-hydrogen) atoms. The number of aliphatic hydroxyl groups is 1. The van der Waals surface area contributed by atoms with E-state index in [2.05, 4.69) is 11.4 Å². The van der Waals surface area contributed by atoms with Crippen LogP contribution in [0.4, 0.5) is 0 Å². The van der Waals surface area contributed by atoms with Crippen LogP contribution < -0.4 is 5.32 Å². The van der Waals surface area contributed by atoms with Gasteiger partial charge in [-0.1, -0.05) is 13.8 Å². The first-order valence-corrected chi connectivity index (χ1v) is 7.42. The lowest BCUT2D eigenvalue weighted by molar-refractivity contribution is -0.125. The summed E-state index contributed by atoms with van der Waals surface area (Å²) in [6.07, 6.45) is 1.17. The van der Waals surface area contributed by atoms with Crippen molar-refractivity contribution in [2.75, 3.05) is 33.4 Å². The molecule has 1 rings (SSSR count). The first-order valence-electron chi connectivity index (χ1n) is 7.42. The molecule has 120 valence electrons. The molecule has 0 aromatic rings. The average Bonchev–Trinajstić information content (AvgIpc) is 2.37. The van der Waals surface area contributed by atoms with Gasteiger partial charge < -0.3 is 15.2 Å². The number of amides is 1. The first-order chi connectivity index (χ1) is 9.71. The molecule has 0 saturated carbocycles. The number of ether oxygens (including phenoxy) is 1. The summed E-state index contributed by atoms with van der Waals surface area (Å²) in [4.78, 5) is 13.9. The Kier molecular flexibility index (Phi) is 6.14. The Morgan fingerprint density at radius 2 is 2.10 bits per heavy atom. The van der Waals surface area contributed by atoms with Crippen molar-refractivity contribution >= 4 is 5.91 Å². The minimum absolute atomic E-state index is 0.0245. The summed E-state index contributed by atoms with van der Waals surface area (Å²) in [6.45, 7) is 7.21. The molecule has 1 atom stereocenters. The number of hydrogen-bond acceptors (Lipinski definition) is 5. The Morgan fingerprint density at radius 1 is 1.52 bits per heavy atom. The number of carbonyl (C=O) groups is 1. The van der Waals surface area contributed by atoms with E-state index in [0.29, 0.717) is 32.6 Å². The molecule has 6 heteroatoms. The van der Waals surface area contributed by atoms with Gasteiger partial charge in [-0.05, 0) is 19.9 Å². The Labute approximate surface area is 127 Å². The fourth-order valence-electron chi connectivity index (χ4n) is 2.34. The minimum Gasteiger partial charge on any atom is -0.388 e. The molecule has 1 heterocycles. The van der Waals surface area contributed by atoms with E-state index >= 15 is 0 Å². The van der Waals surface area contributed by atoms with Crippen LogP contribution in [0.15, 0.2) is 0 Å². The van der Waals surface area contributed by atoms with Crippen molar-refractivity contribution in [3.63, 3.8) is 0 Å². The Balaban J connectivity index is 2.49. The van der Waals surface area contributed by atoms with Gasteiger partial charge in [0, 0.05) is 32.6 Å². The predicted molar refractivity (Wildman–Crippen MR) is 79.5 cm³/mol. The summed E-state index contributed by atoms with van der Waals surface area (Å²) in [5, 5.41) is 22.4. The SMILES string of the molecule is CC(C)C(C)(C#N)NC(=O)CN(C)CC1(O)CCOCC1. The molecular formula is C15H27N3O3. The molecule has 6 nitrogen and oxygen atoms in total. The lowest BCUT2D eigenvalue weighted by Crippen LogP contribution is -2.53. The second-order valence-electron chi connectivity index (χ2n) is 6.53. The molecule has 1 aliphatic rings. The van der Waals surface area contributed by atoms with Gasteiger partial charge in [-0.15, -0.1) is 0 Å². The molecule has 0 spiro atoms. The van der Waals surface area contributed by atoms with E-state index in [1.54, 1.807) is 18.9 Å². The van der Waals surface area contributed by atoms with Crippen LogP contribution >= 0.6 is 0 Å². The van der Waals surface area contributed by atoms with E-state index in [1.165, 1.54) is 0 Å². The van der Waals surface area contributed by atoms with Crippen LogP contribution in [0.25, 0.3) is 0 Å². The Morgan fingerprint density at radius 3 is 2.57 bits per heavy atom. The molecule has 0 bridgehead atoms. The molecule has 1 aliphatic heterocycles. The number of likely N-dealkylation sites (N-methyl/N-ethyl adjacent to an activating group) is 1. The van der Waals surface area contributed by atoms with Gasteiger partial charge in [-0.2, -0.15) is 5.26 Å². The molecule has 1 fully saturated rings. The van der Waals surface area contributed by atoms with Crippen LogP contribution in [0.1, 0.15) is 33.6 Å². The van der Waals surface area contributed by atoms with E-state index < -0.39 is 11.1 Å². The molecule has 0 aromatic heterocycles. The van der Waals surface area contributed by atoms with Crippen LogP contribution in [0, 0.1) is 17.2 Å². The predicted octanol–water partition coefficient (Wildman–Crippen LogP) is 0.514. The summed E-state index contributed by atoms with van der Waals surface area (Å²) in [7, 11) is 1.80. The molecule has 1 amide bonds. The molecule has 1 saturated heterocycles. The number of carbonyl (C=O) groups excluding carboxylic acids is 1. The lowest BCUT2D eigenvalue weighted by Gasteiger charge is -2.35. The van der Waals surface area contributed by atoms with Crippen LogP contribution in [-0.2, 0) is 9.53 Å². The fraction of sp³-hybridized carbons (Fsp3) is 0.867. The van der Waals surface area contributed by atoms with E-state index in [4.69, 9.17) is 4.74 Å². The quantitative estimate of drug-likeness (QED) is 0.746. The van der Waals surface area contributed by atoms with Gasteiger partial charge in [0.15, 0.2) is 0 Å². The zero-order chi connectivity index (χ0) is 16.1. The van der Waals surface area contributed by atoms with Gasteiger partial charge in [0.05, 0.1) is 18.2 Å². The Bertz CT molecular complexity index is 399. The highest BCUT2D eigenvalue weighted by Crippen LogP contribution is 2.21. The van der Waals surface area contributed by atoms with Crippen molar-refractivity contribution < 1.29 is 14.6 Å². The molecule has 0 aliphatic carbocycles. The third-order valence-electron chi connectivity index (χ3n) is 4.19. The second-order valence-corrected chi connectivity index (χ2v) is 6.53. The third-order valence-corrected chi connectivity index (χ3v) is 4.19. The maximum Gasteiger partial charge on any atom is 0.235 e. The number of nitrogens with zero attached hydrogens (tertiary/aromatic N) is 2. The normalized spacial score (nSPS) is 20.9. The summed E-state index contributed by atoms with van der Waals surface area (Å²) in [5.74, 6) is -0.178. The van der Waals surface area contributed by atoms with Crippen molar-refractivity contribution in [1.82, 2.24) is 10.2 Å². The molecule has 1 unspecified atom stereocenters. The number of rotatable bonds is 6. The molecule has 2 N–H and O–H groups in total. The van der Waals surface area contributed by atoms with Crippen LogP contribution in [0.3, 0.4) is 0 Å². The first kappa shape index (κ1) is 17.9. The smallest absolute Gasteiger partial charge is 0.235 e. The highest BCUT2D eigenvalue weighted by Gasteiger charge is 2.33. The third kappa shape index (κ3) is 5.27. The summed E-state index contributed by atoms with van der Waals surface area (Å²) >= 11 is 0. The van der Waals surface area contributed by atoms with E-state index in [0.717, 1.165) is 0 Å². The summed E-state index contributed by atoms with van der Waals surface area (Å²) in [6, 6.07) is 2.15. The fourth-order valence-corrected chi connectivity index (χ4v) is 2.34. The largest absolute Gasteiger partial charge is 0.388 e. The van der Waals surface area contributed by atoms with Crippen LogP contribution in [0.5, 0.6) is 0 Å². The standard InChI is InChI=1S/C15H27N3O3/c1-12(2)14(3,10-16)17-13(19)9-18(4)11-15(20)5-7-21-8-6-15/h12,20H,5-9,11H2,1-4H3,(H,17,19). The summed E-state index contributed by atoms with van der Waals surface area (Å²) in [5.41, 5.74) is -1.66. The Hall–Kier alpha value is -1.16. The zero-order valence-electron chi connectivity index (χ0n) is 13.5. The number of nitrogens with one attached hydrogen (secondary N) is 1. The van der Waals surface area contributed by atoms with Crippen molar-refractivity contribution in [3.05, 3.63) is 0 Å². The number of hydrogen-bond donors (Lipinski definition) is 2. The highest BCUT2D eigenvalue weighted by molar-refractivity contribution is 5.79. The molecule has 0 aromatic carbocycles. The topological polar surface area (TPSA) is 85.6 Å². The minimum atomic E-state index is -0.868. The zero-order valence-corrected chi connectivity index (χ0v) is 13.5. The van der Waals surface area contributed by atoms with Crippen molar-refractivity contribution in [1.29, 1.82) is 5.26 Å². The van der Waals surface area contributed by atoms with Gasteiger partial charge in [0.1, 0.15) is 5.54 Å². The monoisotopic (exact) mass is 297 g/mol. The highest BCUT2D eigenvalue weighted by atomic mass is 16.5. The maximum atomic E-state index is 12.1. The van der Waals surface area contributed by atoms with Crippen molar-refractivity contribution in [2.45, 2.75) is 44.8 Å². The van der Waals surface area contributed by atoms with Crippen LogP contribution in [0.2, 0.25) is 0 Å². The maximum absolute atomic E-state index is 12.1. The molecular weight excluding hydrogens is 270 g/mol. The van der Waals surface area contributed by atoms with E-state index in [1.807, 2.05) is 13.8 Å². The van der Waals surface area contributed by atoms with E-state index in [9.17, 15) is 15.2 Å².